The summed E-state index contributed by atoms with van der Waals surface area (Å²) in [5.74, 6) is -0.266. The van der Waals surface area contributed by atoms with E-state index in [1.807, 2.05) is 16.9 Å². The van der Waals surface area contributed by atoms with E-state index < -0.39 is 22.5 Å². The van der Waals surface area contributed by atoms with Gasteiger partial charge in [0, 0.05) is 17.1 Å². The SMILES string of the molecule is O=C(COc1cccc2[nH]ccc12)NS(=O)(=O)c1ccc(Cl)s1. The number of sulfonamides is 1. The van der Waals surface area contributed by atoms with Crippen LogP contribution in [0, 0.1) is 0 Å². The molecule has 0 aliphatic heterocycles. The first-order valence-corrected chi connectivity index (χ1v) is 9.13. The molecule has 0 atom stereocenters. The van der Waals surface area contributed by atoms with E-state index in [4.69, 9.17) is 16.3 Å². The summed E-state index contributed by atoms with van der Waals surface area (Å²) in [7, 11) is -3.93. The minimum Gasteiger partial charge on any atom is -0.483 e. The molecule has 2 N–H and O–H groups in total. The van der Waals surface area contributed by atoms with E-state index in [0.717, 1.165) is 22.2 Å². The van der Waals surface area contributed by atoms with Gasteiger partial charge >= 0.3 is 0 Å². The van der Waals surface area contributed by atoms with Crippen molar-refractivity contribution in [3.05, 3.63) is 46.9 Å². The fraction of sp³-hybridized carbons (Fsp3) is 0.0714. The molecule has 9 heteroatoms. The molecule has 0 fully saturated rings. The van der Waals surface area contributed by atoms with Gasteiger partial charge in [0.05, 0.1) is 4.34 Å². The van der Waals surface area contributed by atoms with Crippen molar-refractivity contribution < 1.29 is 17.9 Å². The van der Waals surface area contributed by atoms with Gasteiger partial charge in [-0.1, -0.05) is 17.7 Å². The van der Waals surface area contributed by atoms with Crippen LogP contribution in [0.3, 0.4) is 0 Å². The molecule has 0 aliphatic carbocycles. The molecule has 0 unspecified atom stereocenters. The van der Waals surface area contributed by atoms with Crippen molar-refractivity contribution in [2.24, 2.45) is 0 Å². The zero-order valence-corrected chi connectivity index (χ0v) is 14.0. The molecule has 3 aromatic rings. The Morgan fingerprint density at radius 3 is 2.83 bits per heavy atom. The van der Waals surface area contributed by atoms with E-state index in [9.17, 15) is 13.2 Å². The smallest absolute Gasteiger partial charge is 0.273 e. The summed E-state index contributed by atoms with van der Waals surface area (Å²) in [6, 6.07) is 9.95. The van der Waals surface area contributed by atoms with Gasteiger partial charge in [-0.25, -0.2) is 13.1 Å². The lowest BCUT2D eigenvalue weighted by atomic mass is 10.2. The normalized spacial score (nSPS) is 11.5. The van der Waals surface area contributed by atoms with E-state index in [2.05, 4.69) is 4.98 Å². The Kier molecular flexibility index (Phi) is 4.29. The quantitative estimate of drug-likeness (QED) is 0.722. The first kappa shape index (κ1) is 15.9. The van der Waals surface area contributed by atoms with E-state index in [-0.39, 0.29) is 4.21 Å². The molecular formula is C14H11ClN2O4S2. The molecule has 3 rings (SSSR count). The second-order valence-corrected chi connectivity index (χ2v) is 8.20. The third-order valence-electron chi connectivity index (χ3n) is 2.98. The lowest BCUT2D eigenvalue weighted by Gasteiger charge is -2.08. The Morgan fingerprint density at radius 1 is 1.26 bits per heavy atom. The van der Waals surface area contributed by atoms with Gasteiger partial charge in [0.1, 0.15) is 9.96 Å². The van der Waals surface area contributed by atoms with E-state index in [0.29, 0.717) is 10.1 Å². The number of hydrogen-bond acceptors (Lipinski definition) is 5. The van der Waals surface area contributed by atoms with Crippen molar-refractivity contribution in [2.75, 3.05) is 6.61 Å². The van der Waals surface area contributed by atoms with Crippen LogP contribution >= 0.6 is 22.9 Å². The first-order valence-electron chi connectivity index (χ1n) is 6.45. The van der Waals surface area contributed by atoms with Gasteiger partial charge in [-0.05, 0) is 30.3 Å². The van der Waals surface area contributed by atoms with Crippen LogP contribution in [0.1, 0.15) is 0 Å². The third kappa shape index (κ3) is 3.49. The molecule has 2 heterocycles. The maximum absolute atomic E-state index is 12.0. The number of fused-ring (bicyclic) bond motifs is 1. The van der Waals surface area contributed by atoms with Crippen molar-refractivity contribution in [2.45, 2.75) is 4.21 Å². The largest absolute Gasteiger partial charge is 0.483 e. The summed E-state index contributed by atoms with van der Waals surface area (Å²) < 4.78 is 31.7. The van der Waals surface area contributed by atoms with Gasteiger partial charge in [0.15, 0.2) is 6.61 Å². The maximum Gasteiger partial charge on any atom is 0.273 e. The number of carbonyl (C=O) groups excluding carboxylic acids is 1. The predicted molar refractivity (Wildman–Crippen MR) is 88.5 cm³/mol. The Bertz CT molecular complexity index is 962. The van der Waals surface area contributed by atoms with E-state index in [1.54, 1.807) is 18.3 Å². The highest BCUT2D eigenvalue weighted by Gasteiger charge is 2.20. The first-order chi connectivity index (χ1) is 11.0. The number of carbonyl (C=O) groups is 1. The van der Waals surface area contributed by atoms with Crippen molar-refractivity contribution in [1.29, 1.82) is 0 Å². The van der Waals surface area contributed by atoms with Gasteiger partial charge in [0.2, 0.25) is 0 Å². The molecule has 0 bridgehead atoms. The number of thiophene rings is 1. The molecule has 0 spiro atoms. The Balaban J connectivity index is 1.67. The summed E-state index contributed by atoms with van der Waals surface area (Å²) in [5, 5.41) is 0.813. The zero-order chi connectivity index (χ0) is 16.4. The summed E-state index contributed by atoms with van der Waals surface area (Å²) in [4.78, 5) is 14.9. The molecule has 1 amide bonds. The molecule has 0 radical (unpaired) electrons. The number of amides is 1. The molecule has 6 nitrogen and oxygen atoms in total. The number of rotatable bonds is 5. The van der Waals surface area contributed by atoms with Crippen LogP contribution in [-0.2, 0) is 14.8 Å². The van der Waals surface area contributed by atoms with Crippen molar-refractivity contribution >= 4 is 49.8 Å². The Morgan fingerprint density at radius 2 is 2.09 bits per heavy atom. The Hall–Kier alpha value is -2.03. The highest BCUT2D eigenvalue weighted by Crippen LogP contribution is 2.26. The summed E-state index contributed by atoms with van der Waals surface area (Å²) >= 11 is 6.57. The summed E-state index contributed by atoms with van der Waals surface area (Å²) in [6.07, 6.45) is 1.75. The number of aromatic nitrogens is 1. The van der Waals surface area contributed by atoms with Crippen LogP contribution in [0.2, 0.25) is 4.34 Å². The molecule has 0 saturated carbocycles. The molecule has 0 aliphatic rings. The van der Waals surface area contributed by atoms with Crippen LogP contribution in [-0.4, -0.2) is 25.9 Å². The molecule has 1 aromatic carbocycles. The van der Waals surface area contributed by atoms with Crippen LogP contribution < -0.4 is 9.46 Å². The van der Waals surface area contributed by atoms with Crippen molar-refractivity contribution in [3.8, 4) is 5.75 Å². The summed E-state index contributed by atoms with van der Waals surface area (Å²) in [5.41, 5.74) is 0.865. The average Bonchev–Trinajstić information content (AvgIpc) is 3.13. The lowest BCUT2D eigenvalue weighted by Crippen LogP contribution is -2.34. The van der Waals surface area contributed by atoms with Crippen LogP contribution in [0.15, 0.2) is 46.8 Å². The predicted octanol–water partition coefficient (Wildman–Crippen LogP) is 2.77. The number of aromatic amines is 1. The molecule has 0 saturated heterocycles. The average molecular weight is 371 g/mol. The number of hydrogen-bond donors (Lipinski definition) is 2. The van der Waals surface area contributed by atoms with Gasteiger partial charge in [-0.3, -0.25) is 4.79 Å². The molecule has 120 valence electrons. The highest BCUT2D eigenvalue weighted by molar-refractivity contribution is 7.92. The highest BCUT2D eigenvalue weighted by atomic mass is 35.5. The summed E-state index contributed by atoms with van der Waals surface area (Å²) in [6.45, 7) is -0.414. The molecular weight excluding hydrogens is 360 g/mol. The minimum atomic E-state index is -3.93. The van der Waals surface area contributed by atoms with Crippen molar-refractivity contribution in [3.63, 3.8) is 0 Å². The zero-order valence-electron chi connectivity index (χ0n) is 11.6. The third-order valence-corrected chi connectivity index (χ3v) is 6.07. The number of H-pyrrole nitrogens is 1. The topological polar surface area (TPSA) is 88.3 Å². The fourth-order valence-electron chi connectivity index (χ4n) is 2.00. The number of nitrogens with one attached hydrogen (secondary N) is 2. The van der Waals surface area contributed by atoms with E-state index in [1.165, 1.54) is 12.1 Å². The number of halogens is 1. The van der Waals surface area contributed by atoms with Gasteiger partial charge in [-0.2, -0.15) is 0 Å². The van der Waals surface area contributed by atoms with E-state index >= 15 is 0 Å². The monoisotopic (exact) mass is 370 g/mol. The Labute approximate surface area is 141 Å². The number of benzene rings is 1. The lowest BCUT2D eigenvalue weighted by molar-refractivity contribution is -0.121. The second kappa shape index (κ2) is 6.23. The molecule has 2 aromatic heterocycles. The van der Waals surface area contributed by atoms with Crippen LogP contribution in [0.4, 0.5) is 0 Å². The minimum absolute atomic E-state index is 0.0245. The fourth-order valence-corrected chi connectivity index (χ4v) is 4.45. The van der Waals surface area contributed by atoms with Gasteiger partial charge in [-0.15, -0.1) is 11.3 Å². The number of ether oxygens (including phenoxy) is 1. The molecule has 23 heavy (non-hydrogen) atoms. The standard InChI is InChI=1S/C14H11ClN2O4S2/c15-12-4-5-14(22-12)23(19,20)17-13(18)8-21-11-3-1-2-10-9(11)6-7-16-10/h1-7,16H,8H2,(H,17,18). The van der Waals surface area contributed by atoms with Crippen LogP contribution in [0.5, 0.6) is 5.75 Å². The van der Waals surface area contributed by atoms with Crippen molar-refractivity contribution in [1.82, 2.24) is 9.71 Å². The van der Waals surface area contributed by atoms with Crippen LogP contribution in [0.25, 0.3) is 10.9 Å². The van der Waals surface area contributed by atoms with Gasteiger partial charge in [0.25, 0.3) is 15.9 Å². The second-order valence-electron chi connectivity index (χ2n) is 4.57. The van der Waals surface area contributed by atoms with Gasteiger partial charge < -0.3 is 9.72 Å². The maximum atomic E-state index is 12.0.